The first-order valence-electron chi connectivity index (χ1n) is 12.4. The third kappa shape index (κ3) is 6.54. The molecule has 6 atom stereocenters. The van der Waals surface area contributed by atoms with Crippen LogP contribution in [0, 0.1) is 11.8 Å². The fraction of sp³-hybridized carbons (Fsp3) is 0.517. The molecule has 2 unspecified atom stereocenters. The number of allylic oxidation sites excluding steroid dienone is 1. The zero-order valence-corrected chi connectivity index (χ0v) is 20.3. The first-order chi connectivity index (χ1) is 16.0. The average Bonchev–Trinajstić information content (AvgIpc) is 3.42. The van der Waals surface area contributed by atoms with Gasteiger partial charge in [0.25, 0.3) is 0 Å². The summed E-state index contributed by atoms with van der Waals surface area (Å²) < 4.78 is 18.7. The first-order valence-corrected chi connectivity index (χ1v) is 12.4. The molecule has 1 heterocycles. The third-order valence-electron chi connectivity index (χ3n) is 7.25. The molecule has 4 rings (SSSR count). The van der Waals surface area contributed by atoms with Gasteiger partial charge in [-0.05, 0) is 68.2 Å². The zero-order chi connectivity index (χ0) is 23.2. The summed E-state index contributed by atoms with van der Waals surface area (Å²) in [5.74, 6) is 1.35. The van der Waals surface area contributed by atoms with E-state index in [-0.39, 0.29) is 24.5 Å². The van der Waals surface area contributed by atoms with E-state index in [0.29, 0.717) is 25.0 Å². The number of ether oxygens (including phenoxy) is 3. The lowest BCUT2D eigenvalue weighted by atomic mass is 10.0. The fourth-order valence-electron chi connectivity index (χ4n) is 4.71. The van der Waals surface area contributed by atoms with Gasteiger partial charge < -0.3 is 19.5 Å². The molecule has 1 N–H and O–H groups in total. The Hall–Kier alpha value is -1.98. The monoisotopic (exact) mass is 449 g/mol. The molecule has 2 aliphatic rings. The average molecular weight is 450 g/mol. The van der Waals surface area contributed by atoms with Gasteiger partial charge in [-0.15, -0.1) is 0 Å². The lowest BCUT2D eigenvalue weighted by Gasteiger charge is -2.34. The lowest BCUT2D eigenvalue weighted by Crippen LogP contribution is -2.38. The summed E-state index contributed by atoms with van der Waals surface area (Å²) in [6, 6.07) is 19.4. The highest BCUT2D eigenvalue weighted by molar-refractivity contribution is 5.30. The van der Waals surface area contributed by atoms with Crippen LogP contribution in [0.25, 0.3) is 0 Å². The molecule has 2 aromatic rings. The van der Waals surface area contributed by atoms with Crippen LogP contribution in [0.1, 0.15) is 55.9 Å². The van der Waals surface area contributed by atoms with Gasteiger partial charge in [-0.25, -0.2) is 0 Å². The van der Waals surface area contributed by atoms with Gasteiger partial charge in [-0.1, -0.05) is 73.7 Å². The second-order valence-electron chi connectivity index (χ2n) is 9.67. The minimum absolute atomic E-state index is 0.0461. The molecular formula is C29H39NO3. The summed E-state index contributed by atoms with van der Waals surface area (Å²) in [7, 11) is 1.97. The molecule has 0 bridgehead atoms. The quantitative estimate of drug-likeness (QED) is 0.438. The van der Waals surface area contributed by atoms with Crippen molar-refractivity contribution in [2.24, 2.45) is 11.8 Å². The van der Waals surface area contributed by atoms with Crippen molar-refractivity contribution < 1.29 is 14.2 Å². The van der Waals surface area contributed by atoms with Gasteiger partial charge in [0.2, 0.25) is 0 Å². The third-order valence-corrected chi connectivity index (χ3v) is 7.25. The molecule has 33 heavy (non-hydrogen) atoms. The maximum atomic E-state index is 6.44. The van der Waals surface area contributed by atoms with E-state index in [4.69, 9.17) is 14.2 Å². The summed E-state index contributed by atoms with van der Waals surface area (Å²) >= 11 is 0. The topological polar surface area (TPSA) is 39.7 Å². The van der Waals surface area contributed by atoms with E-state index >= 15 is 0 Å². The van der Waals surface area contributed by atoms with E-state index in [0.717, 1.165) is 25.7 Å². The highest BCUT2D eigenvalue weighted by atomic mass is 16.7. The highest BCUT2D eigenvalue weighted by Crippen LogP contribution is 2.45. The second-order valence-corrected chi connectivity index (χ2v) is 9.67. The maximum absolute atomic E-state index is 6.44. The summed E-state index contributed by atoms with van der Waals surface area (Å²) in [4.78, 5) is 0. The van der Waals surface area contributed by atoms with Gasteiger partial charge in [0.05, 0.1) is 19.3 Å². The Kier molecular flexibility index (Phi) is 8.37. The van der Waals surface area contributed by atoms with E-state index in [1.165, 1.54) is 22.3 Å². The van der Waals surface area contributed by atoms with Gasteiger partial charge in [0.1, 0.15) is 6.10 Å². The van der Waals surface area contributed by atoms with E-state index in [9.17, 15) is 0 Å². The maximum Gasteiger partial charge on any atom is 0.158 e. The number of hydrogen-bond acceptors (Lipinski definition) is 4. The number of hydrogen-bond donors (Lipinski definition) is 1. The van der Waals surface area contributed by atoms with Crippen LogP contribution in [0.3, 0.4) is 0 Å². The summed E-state index contributed by atoms with van der Waals surface area (Å²) in [5, 5.41) is 3.33. The predicted molar refractivity (Wildman–Crippen MR) is 133 cm³/mol. The smallest absolute Gasteiger partial charge is 0.158 e. The Labute approximate surface area is 199 Å². The Morgan fingerprint density at radius 1 is 1.06 bits per heavy atom. The number of rotatable bonds is 11. The molecule has 4 heteroatoms. The van der Waals surface area contributed by atoms with E-state index in [1.54, 1.807) is 0 Å². The normalized spacial score (nSPS) is 26.7. The van der Waals surface area contributed by atoms with Crippen molar-refractivity contribution in [3.05, 3.63) is 83.4 Å². The van der Waals surface area contributed by atoms with Crippen molar-refractivity contribution in [1.29, 1.82) is 0 Å². The van der Waals surface area contributed by atoms with Crippen molar-refractivity contribution >= 4 is 0 Å². The molecule has 1 saturated heterocycles. The molecule has 0 aromatic heterocycles. The van der Waals surface area contributed by atoms with Crippen molar-refractivity contribution in [2.75, 3.05) is 13.7 Å². The van der Waals surface area contributed by atoms with Crippen LogP contribution >= 0.6 is 0 Å². The largest absolute Gasteiger partial charge is 0.374 e. The minimum Gasteiger partial charge on any atom is -0.374 e. The highest BCUT2D eigenvalue weighted by Gasteiger charge is 2.37. The van der Waals surface area contributed by atoms with E-state index in [2.05, 4.69) is 74.3 Å². The van der Waals surface area contributed by atoms with Crippen LogP contribution < -0.4 is 5.32 Å². The molecule has 1 saturated carbocycles. The SMILES string of the molecule is C=C1[C@H](C)[C@H]1Cc1ccc(COCC2CCCC(O[C@@H](c3ccccc3)[C@@H](C)NC)O2)cc1. The Morgan fingerprint density at radius 2 is 1.76 bits per heavy atom. The first kappa shape index (κ1) is 24.2. The Morgan fingerprint density at radius 3 is 2.42 bits per heavy atom. The van der Waals surface area contributed by atoms with Crippen LogP contribution in [0.4, 0.5) is 0 Å². The van der Waals surface area contributed by atoms with Crippen LogP contribution in [-0.2, 0) is 27.2 Å². The summed E-state index contributed by atoms with van der Waals surface area (Å²) in [5.41, 5.74) is 5.16. The van der Waals surface area contributed by atoms with Crippen molar-refractivity contribution in [1.82, 2.24) is 5.32 Å². The molecule has 1 aliphatic heterocycles. The molecule has 4 nitrogen and oxygen atoms in total. The van der Waals surface area contributed by atoms with Crippen molar-refractivity contribution in [3.8, 4) is 0 Å². The summed E-state index contributed by atoms with van der Waals surface area (Å²) in [6.45, 7) is 9.75. The van der Waals surface area contributed by atoms with Crippen LogP contribution in [0.15, 0.2) is 66.7 Å². The minimum atomic E-state index is -0.202. The standard InChI is InChI=1S/C29H39NO3/c1-20-21(2)27(20)17-23-13-15-24(16-14-23)18-31-19-26-11-8-12-28(32-26)33-29(22(3)30-4)25-9-6-5-7-10-25/h5-7,9-10,13-16,21-22,26-30H,1,8,11-12,17-19H2,2-4H3/t21-,22+,26?,27-,28?,29+/m0/s1. The van der Waals surface area contributed by atoms with Gasteiger partial charge in [0, 0.05) is 6.04 Å². The van der Waals surface area contributed by atoms with Gasteiger partial charge in [-0.3, -0.25) is 0 Å². The van der Waals surface area contributed by atoms with Gasteiger partial charge in [-0.2, -0.15) is 0 Å². The van der Waals surface area contributed by atoms with Crippen molar-refractivity contribution in [2.45, 2.75) is 70.7 Å². The second kappa shape index (κ2) is 11.4. The molecule has 1 aliphatic carbocycles. The molecule has 0 radical (unpaired) electrons. The van der Waals surface area contributed by atoms with Crippen LogP contribution in [0.5, 0.6) is 0 Å². The molecule has 2 fully saturated rings. The number of likely N-dealkylation sites (N-methyl/N-ethyl adjacent to an activating group) is 1. The van der Waals surface area contributed by atoms with Crippen molar-refractivity contribution in [3.63, 3.8) is 0 Å². The number of nitrogens with one attached hydrogen (secondary N) is 1. The summed E-state index contributed by atoms with van der Waals surface area (Å²) in [6.07, 6.45) is 3.96. The molecule has 0 spiro atoms. The van der Waals surface area contributed by atoms with Gasteiger partial charge >= 0.3 is 0 Å². The zero-order valence-electron chi connectivity index (χ0n) is 20.3. The van der Waals surface area contributed by atoms with E-state index < -0.39 is 0 Å². The van der Waals surface area contributed by atoms with Gasteiger partial charge in [0.15, 0.2) is 6.29 Å². The molecule has 0 amide bonds. The predicted octanol–water partition coefficient (Wildman–Crippen LogP) is 5.83. The fourth-order valence-corrected chi connectivity index (χ4v) is 4.71. The number of benzene rings is 2. The van der Waals surface area contributed by atoms with E-state index in [1.807, 2.05) is 13.1 Å². The lowest BCUT2D eigenvalue weighted by molar-refractivity contribution is -0.229. The van der Waals surface area contributed by atoms with Crippen LogP contribution in [-0.4, -0.2) is 32.1 Å². The Bertz CT molecular complexity index is 881. The van der Waals surface area contributed by atoms with Crippen LogP contribution in [0.2, 0.25) is 0 Å². The Balaban J connectivity index is 1.23. The molecule has 2 aromatic carbocycles. The molecular weight excluding hydrogens is 410 g/mol. The molecule has 178 valence electrons.